The number of hydrogen-bond acceptors (Lipinski definition) is 3. The van der Waals surface area contributed by atoms with E-state index in [1.165, 1.54) is 0 Å². The number of hydrogen-bond donors (Lipinski definition) is 1. The van der Waals surface area contributed by atoms with Crippen LogP contribution in [0.5, 0.6) is 5.75 Å². The molecule has 1 aromatic rings. The second kappa shape index (κ2) is 5.42. The maximum absolute atomic E-state index is 13.4. The zero-order chi connectivity index (χ0) is 12.1. The molecule has 1 aromatic carbocycles. The van der Waals surface area contributed by atoms with Crippen molar-refractivity contribution in [3.8, 4) is 11.8 Å². The summed E-state index contributed by atoms with van der Waals surface area (Å²) < 4.78 is 31.8. The first kappa shape index (κ1) is 12.4. The standard InChI is InChI=1S/C11H12F2N2O/c1-7(6-15-2)16-11-9(12)3-8(5-14)4-10(11)13/h3-4,7,15H,6H2,1-2H3. The third-order valence-electron chi connectivity index (χ3n) is 1.94. The van der Waals surface area contributed by atoms with Gasteiger partial charge in [0.1, 0.15) is 6.10 Å². The van der Waals surface area contributed by atoms with Crippen molar-refractivity contribution in [1.82, 2.24) is 5.32 Å². The quantitative estimate of drug-likeness (QED) is 0.851. The van der Waals surface area contributed by atoms with Gasteiger partial charge in [0.2, 0.25) is 0 Å². The van der Waals surface area contributed by atoms with Gasteiger partial charge in [-0.05, 0) is 26.1 Å². The van der Waals surface area contributed by atoms with E-state index < -0.39 is 17.4 Å². The Morgan fingerprint density at radius 3 is 2.44 bits per heavy atom. The van der Waals surface area contributed by atoms with Crippen LogP contribution < -0.4 is 10.1 Å². The summed E-state index contributed by atoms with van der Waals surface area (Å²) in [6.45, 7) is 2.16. The van der Waals surface area contributed by atoms with E-state index in [4.69, 9.17) is 10.00 Å². The van der Waals surface area contributed by atoms with Crippen LogP contribution in [0.25, 0.3) is 0 Å². The number of likely N-dealkylation sites (N-methyl/N-ethyl adjacent to an activating group) is 1. The number of rotatable bonds is 4. The Balaban J connectivity index is 2.93. The highest BCUT2D eigenvalue weighted by Gasteiger charge is 2.15. The number of benzene rings is 1. The fraction of sp³-hybridized carbons (Fsp3) is 0.364. The van der Waals surface area contributed by atoms with Crippen molar-refractivity contribution in [2.75, 3.05) is 13.6 Å². The lowest BCUT2D eigenvalue weighted by Gasteiger charge is -2.15. The highest BCUT2D eigenvalue weighted by molar-refractivity contribution is 5.37. The lowest BCUT2D eigenvalue weighted by atomic mass is 10.2. The van der Waals surface area contributed by atoms with Crippen LogP contribution >= 0.6 is 0 Å². The molecule has 0 spiro atoms. The minimum atomic E-state index is -0.862. The number of nitrogens with one attached hydrogen (secondary N) is 1. The fourth-order valence-electron chi connectivity index (χ4n) is 1.27. The zero-order valence-corrected chi connectivity index (χ0v) is 9.05. The number of halogens is 2. The molecule has 3 nitrogen and oxygen atoms in total. The van der Waals surface area contributed by atoms with Gasteiger partial charge in [-0.1, -0.05) is 0 Å². The SMILES string of the molecule is CNCC(C)Oc1c(F)cc(C#N)cc1F. The lowest BCUT2D eigenvalue weighted by Crippen LogP contribution is -2.26. The third kappa shape index (κ3) is 2.91. The van der Waals surface area contributed by atoms with E-state index in [0.29, 0.717) is 6.54 Å². The average Bonchev–Trinajstić information content (AvgIpc) is 2.23. The highest BCUT2D eigenvalue weighted by Crippen LogP contribution is 2.23. The molecule has 0 aliphatic heterocycles. The molecule has 0 saturated heterocycles. The highest BCUT2D eigenvalue weighted by atomic mass is 19.1. The molecule has 1 unspecified atom stereocenters. The van der Waals surface area contributed by atoms with Crippen LogP contribution in [0.4, 0.5) is 8.78 Å². The van der Waals surface area contributed by atoms with Crippen molar-refractivity contribution < 1.29 is 13.5 Å². The second-order valence-electron chi connectivity index (χ2n) is 3.37. The fourth-order valence-corrected chi connectivity index (χ4v) is 1.27. The molecule has 5 heteroatoms. The zero-order valence-electron chi connectivity index (χ0n) is 9.05. The van der Waals surface area contributed by atoms with Gasteiger partial charge in [0, 0.05) is 6.54 Å². The van der Waals surface area contributed by atoms with E-state index in [9.17, 15) is 8.78 Å². The molecule has 86 valence electrons. The van der Waals surface area contributed by atoms with Gasteiger partial charge in [0.15, 0.2) is 17.4 Å². The van der Waals surface area contributed by atoms with Gasteiger partial charge >= 0.3 is 0 Å². The van der Waals surface area contributed by atoms with Crippen molar-refractivity contribution in [2.45, 2.75) is 13.0 Å². The molecule has 0 radical (unpaired) electrons. The molecule has 0 saturated carbocycles. The van der Waals surface area contributed by atoms with E-state index in [0.717, 1.165) is 12.1 Å². The second-order valence-corrected chi connectivity index (χ2v) is 3.37. The first-order valence-electron chi connectivity index (χ1n) is 4.79. The Bertz CT molecular complexity index is 392. The molecule has 0 aliphatic carbocycles. The summed E-state index contributed by atoms with van der Waals surface area (Å²) in [5.41, 5.74) is -0.0661. The Morgan fingerprint density at radius 2 is 2.00 bits per heavy atom. The van der Waals surface area contributed by atoms with Crippen LogP contribution in [0, 0.1) is 23.0 Å². The summed E-state index contributed by atoms with van der Waals surface area (Å²) in [6.07, 6.45) is -0.359. The first-order valence-corrected chi connectivity index (χ1v) is 4.79. The van der Waals surface area contributed by atoms with Crippen molar-refractivity contribution >= 4 is 0 Å². The predicted octanol–water partition coefficient (Wildman–Crippen LogP) is 1.82. The van der Waals surface area contributed by atoms with Crippen molar-refractivity contribution in [3.63, 3.8) is 0 Å². The molecule has 1 rings (SSSR count). The summed E-state index contributed by atoms with van der Waals surface area (Å²) in [5, 5.41) is 11.3. The minimum Gasteiger partial charge on any atom is -0.483 e. The van der Waals surface area contributed by atoms with Gasteiger partial charge in [0.25, 0.3) is 0 Å². The van der Waals surface area contributed by atoms with Crippen LogP contribution in [0.1, 0.15) is 12.5 Å². The Hall–Kier alpha value is -1.67. The van der Waals surface area contributed by atoms with Crippen LogP contribution in [0.3, 0.4) is 0 Å². The lowest BCUT2D eigenvalue weighted by molar-refractivity contribution is 0.201. The predicted molar refractivity (Wildman–Crippen MR) is 55.1 cm³/mol. The molecular formula is C11H12F2N2O. The van der Waals surface area contributed by atoms with E-state index in [-0.39, 0.29) is 11.7 Å². The van der Waals surface area contributed by atoms with Gasteiger partial charge in [-0.3, -0.25) is 0 Å². The maximum Gasteiger partial charge on any atom is 0.191 e. The summed E-state index contributed by atoms with van der Waals surface area (Å²) in [6, 6.07) is 3.56. The monoisotopic (exact) mass is 226 g/mol. The number of nitriles is 1. The molecule has 1 N–H and O–H groups in total. The molecule has 0 amide bonds. The maximum atomic E-state index is 13.4. The summed E-state index contributed by atoms with van der Waals surface area (Å²) in [7, 11) is 1.71. The first-order chi connectivity index (χ1) is 7.58. The van der Waals surface area contributed by atoms with Crippen LogP contribution in [0.15, 0.2) is 12.1 Å². The van der Waals surface area contributed by atoms with Crippen LogP contribution in [-0.2, 0) is 0 Å². The summed E-state index contributed by atoms with van der Waals surface area (Å²) in [4.78, 5) is 0. The summed E-state index contributed by atoms with van der Waals surface area (Å²) >= 11 is 0. The molecule has 0 bridgehead atoms. The van der Waals surface area contributed by atoms with Gasteiger partial charge in [0.05, 0.1) is 11.6 Å². The van der Waals surface area contributed by atoms with Crippen LogP contribution in [-0.4, -0.2) is 19.7 Å². The van der Waals surface area contributed by atoms with E-state index >= 15 is 0 Å². The van der Waals surface area contributed by atoms with E-state index in [1.54, 1.807) is 20.0 Å². The average molecular weight is 226 g/mol. The van der Waals surface area contributed by atoms with Crippen LogP contribution in [0.2, 0.25) is 0 Å². The van der Waals surface area contributed by atoms with E-state index in [2.05, 4.69) is 5.32 Å². The van der Waals surface area contributed by atoms with Gasteiger partial charge < -0.3 is 10.1 Å². The Kier molecular flexibility index (Phi) is 4.20. The summed E-state index contributed by atoms with van der Waals surface area (Å²) in [5.74, 6) is -2.17. The molecule has 0 fully saturated rings. The molecule has 16 heavy (non-hydrogen) atoms. The molecule has 0 aromatic heterocycles. The third-order valence-corrected chi connectivity index (χ3v) is 1.94. The number of ether oxygens (including phenoxy) is 1. The van der Waals surface area contributed by atoms with Gasteiger partial charge in [-0.25, -0.2) is 8.78 Å². The largest absolute Gasteiger partial charge is 0.483 e. The van der Waals surface area contributed by atoms with Crippen molar-refractivity contribution in [2.24, 2.45) is 0 Å². The minimum absolute atomic E-state index is 0.0661. The van der Waals surface area contributed by atoms with Crippen molar-refractivity contribution in [1.29, 1.82) is 5.26 Å². The molecule has 1 atom stereocenters. The Labute approximate surface area is 92.6 Å². The van der Waals surface area contributed by atoms with Gasteiger partial charge in [-0.2, -0.15) is 5.26 Å². The van der Waals surface area contributed by atoms with Gasteiger partial charge in [-0.15, -0.1) is 0 Å². The Morgan fingerprint density at radius 1 is 1.44 bits per heavy atom. The topological polar surface area (TPSA) is 45.0 Å². The molecule has 0 heterocycles. The normalized spacial score (nSPS) is 11.9. The molecule has 0 aliphatic rings. The van der Waals surface area contributed by atoms with Crippen molar-refractivity contribution in [3.05, 3.63) is 29.3 Å². The number of nitrogens with zero attached hydrogens (tertiary/aromatic N) is 1. The molecular weight excluding hydrogens is 214 g/mol. The smallest absolute Gasteiger partial charge is 0.191 e. The van der Waals surface area contributed by atoms with E-state index in [1.807, 2.05) is 0 Å².